The van der Waals surface area contributed by atoms with Crippen LogP contribution in [0.3, 0.4) is 0 Å². The first-order valence-corrected chi connectivity index (χ1v) is 8.97. The minimum Gasteiger partial charge on any atom is -0.460 e. The molecule has 0 bridgehead atoms. The highest BCUT2D eigenvalue weighted by Gasteiger charge is 2.36. The van der Waals surface area contributed by atoms with Crippen molar-refractivity contribution < 1.29 is 4.42 Å². The highest BCUT2D eigenvalue weighted by Crippen LogP contribution is 2.47. The molecule has 0 radical (unpaired) electrons. The van der Waals surface area contributed by atoms with Crippen molar-refractivity contribution in [1.29, 1.82) is 0 Å². The Balaban J connectivity index is 1.73. The van der Waals surface area contributed by atoms with Crippen molar-refractivity contribution in [2.45, 2.75) is 18.3 Å². The van der Waals surface area contributed by atoms with E-state index in [1.165, 1.54) is 16.7 Å². The lowest BCUT2D eigenvalue weighted by Crippen LogP contribution is -2.11. The molecule has 1 aromatic heterocycles. The zero-order chi connectivity index (χ0) is 17.5. The minimum atomic E-state index is 0.0260. The molecule has 0 amide bonds. The Morgan fingerprint density at radius 1 is 0.808 bits per heavy atom. The average Bonchev–Trinajstić information content (AvgIpc) is 3.08. The molecule has 3 aromatic carbocycles. The molecule has 5 rings (SSSR count). The van der Waals surface area contributed by atoms with E-state index in [1.54, 1.807) is 6.07 Å². The van der Waals surface area contributed by atoms with Gasteiger partial charge in [-0.25, -0.2) is 0 Å². The Kier molecular flexibility index (Phi) is 3.49. The predicted octanol–water partition coefficient (Wildman–Crippen LogP) is 5.26. The first-order valence-electron chi connectivity index (χ1n) is 8.97. The van der Waals surface area contributed by atoms with Crippen LogP contribution in [0.1, 0.15) is 34.3 Å². The summed E-state index contributed by atoms with van der Waals surface area (Å²) in [6.45, 7) is 0. The zero-order valence-corrected chi connectivity index (χ0v) is 14.3. The van der Waals surface area contributed by atoms with Crippen molar-refractivity contribution >= 4 is 11.0 Å². The largest absolute Gasteiger partial charge is 0.460 e. The van der Waals surface area contributed by atoms with Crippen LogP contribution in [-0.2, 0) is 6.42 Å². The van der Waals surface area contributed by atoms with Crippen LogP contribution in [0.15, 0.2) is 94.1 Å². The summed E-state index contributed by atoms with van der Waals surface area (Å²) in [5, 5.41) is 0.638. The van der Waals surface area contributed by atoms with E-state index in [1.807, 2.05) is 30.3 Å². The highest BCUT2D eigenvalue weighted by atomic mass is 16.3. The minimum absolute atomic E-state index is 0.0260. The Morgan fingerprint density at radius 2 is 1.54 bits per heavy atom. The quantitative estimate of drug-likeness (QED) is 0.499. The molecule has 0 spiro atoms. The van der Waals surface area contributed by atoms with E-state index in [2.05, 4.69) is 48.5 Å². The summed E-state index contributed by atoms with van der Waals surface area (Å²) in [5.41, 5.74) is 4.57. The maximum Gasteiger partial charge on any atom is 0.192 e. The fourth-order valence-electron chi connectivity index (χ4n) is 4.23. The number of benzene rings is 3. The number of para-hydroxylation sites is 1. The van der Waals surface area contributed by atoms with Crippen LogP contribution in [0, 0.1) is 0 Å². The van der Waals surface area contributed by atoms with Gasteiger partial charge in [-0.2, -0.15) is 0 Å². The second-order valence-corrected chi connectivity index (χ2v) is 6.91. The van der Waals surface area contributed by atoms with Crippen molar-refractivity contribution in [3.05, 3.63) is 118 Å². The lowest BCUT2D eigenvalue weighted by molar-refractivity contribution is 0.481. The smallest absolute Gasteiger partial charge is 0.192 e. The van der Waals surface area contributed by atoms with E-state index in [-0.39, 0.29) is 17.3 Å². The molecule has 0 aliphatic heterocycles. The molecule has 1 heterocycles. The van der Waals surface area contributed by atoms with Crippen molar-refractivity contribution in [3.63, 3.8) is 0 Å². The monoisotopic (exact) mass is 338 g/mol. The molecule has 0 fully saturated rings. The molecule has 1 aliphatic rings. The normalized spacial score (nSPS) is 18.8. The van der Waals surface area contributed by atoms with Crippen LogP contribution in [0.5, 0.6) is 0 Å². The van der Waals surface area contributed by atoms with Gasteiger partial charge < -0.3 is 4.42 Å². The van der Waals surface area contributed by atoms with Crippen molar-refractivity contribution in [1.82, 2.24) is 0 Å². The van der Waals surface area contributed by atoms with Gasteiger partial charge in [0.05, 0.1) is 5.39 Å². The molecule has 2 unspecified atom stereocenters. The van der Waals surface area contributed by atoms with E-state index in [0.29, 0.717) is 11.0 Å². The SMILES string of the molecule is O=c1cc(C2c3ccccc3CC2c2ccccc2)oc2ccccc12. The number of rotatable bonds is 2. The van der Waals surface area contributed by atoms with Gasteiger partial charge in [-0.15, -0.1) is 0 Å². The first kappa shape index (κ1) is 15.2. The Labute approximate surface area is 151 Å². The van der Waals surface area contributed by atoms with Crippen LogP contribution >= 0.6 is 0 Å². The van der Waals surface area contributed by atoms with Gasteiger partial charge in [0.2, 0.25) is 0 Å². The van der Waals surface area contributed by atoms with Gasteiger partial charge in [0.1, 0.15) is 11.3 Å². The Bertz CT molecular complexity index is 1140. The Morgan fingerprint density at radius 3 is 2.42 bits per heavy atom. The van der Waals surface area contributed by atoms with Crippen LogP contribution in [-0.4, -0.2) is 0 Å². The summed E-state index contributed by atoms with van der Waals surface area (Å²) in [5.74, 6) is 1.09. The molecule has 1 aliphatic carbocycles. The van der Waals surface area contributed by atoms with Gasteiger partial charge in [-0.1, -0.05) is 66.7 Å². The van der Waals surface area contributed by atoms with Crippen LogP contribution in [0.2, 0.25) is 0 Å². The number of hydrogen-bond donors (Lipinski definition) is 0. The predicted molar refractivity (Wildman–Crippen MR) is 104 cm³/mol. The van der Waals surface area contributed by atoms with Gasteiger partial charge in [0.15, 0.2) is 5.43 Å². The van der Waals surface area contributed by atoms with Gasteiger partial charge in [-0.05, 0) is 35.2 Å². The summed E-state index contributed by atoms with van der Waals surface area (Å²) >= 11 is 0. The summed E-state index contributed by atoms with van der Waals surface area (Å²) in [4.78, 5) is 12.7. The maximum absolute atomic E-state index is 12.7. The lowest BCUT2D eigenvalue weighted by Gasteiger charge is -2.20. The van der Waals surface area contributed by atoms with E-state index < -0.39 is 0 Å². The lowest BCUT2D eigenvalue weighted by atomic mass is 9.84. The third-order valence-electron chi connectivity index (χ3n) is 5.42. The second-order valence-electron chi connectivity index (χ2n) is 6.91. The summed E-state index contributed by atoms with van der Waals surface area (Å²) in [6.07, 6.45) is 0.960. The van der Waals surface area contributed by atoms with Crippen molar-refractivity contribution in [3.8, 4) is 0 Å². The second kappa shape index (κ2) is 5.99. The summed E-state index contributed by atoms with van der Waals surface area (Å²) in [7, 11) is 0. The van der Waals surface area contributed by atoms with Gasteiger partial charge >= 0.3 is 0 Å². The van der Waals surface area contributed by atoms with Crippen LogP contribution in [0.25, 0.3) is 11.0 Å². The van der Waals surface area contributed by atoms with E-state index in [9.17, 15) is 4.79 Å². The zero-order valence-electron chi connectivity index (χ0n) is 14.3. The average molecular weight is 338 g/mol. The third-order valence-corrected chi connectivity index (χ3v) is 5.42. The first-order chi connectivity index (χ1) is 12.8. The fourth-order valence-corrected chi connectivity index (χ4v) is 4.23. The standard InChI is InChI=1S/C24H18O2/c25-21-15-23(26-22-13-7-6-12-19(21)22)24-18-11-5-4-10-17(18)14-20(24)16-8-2-1-3-9-16/h1-13,15,20,24H,14H2. The summed E-state index contributed by atoms with van der Waals surface area (Å²) < 4.78 is 6.24. The number of fused-ring (bicyclic) bond motifs is 2. The molecule has 4 aromatic rings. The van der Waals surface area contributed by atoms with E-state index in [0.717, 1.165) is 12.2 Å². The molecule has 0 N–H and O–H groups in total. The van der Waals surface area contributed by atoms with Gasteiger partial charge in [0, 0.05) is 17.9 Å². The van der Waals surface area contributed by atoms with Crippen LogP contribution in [0.4, 0.5) is 0 Å². The fraction of sp³-hybridized carbons (Fsp3) is 0.125. The van der Waals surface area contributed by atoms with Crippen molar-refractivity contribution in [2.24, 2.45) is 0 Å². The summed E-state index contributed by atoms with van der Waals surface area (Å²) in [6, 6.07) is 28.2. The molecule has 126 valence electrons. The molecular weight excluding hydrogens is 320 g/mol. The molecular formula is C24H18O2. The van der Waals surface area contributed by atoms with Gasteiger partial charge in [-0.3, -0.25) is 4.79 Å². The molecule has 0 saturated heterocycles. The van der Waals surface area contributed by atoms with Crippen molar-refractivity contribution in [2.75, 3.05) is 0 Å². The molecule has 2 heteroatoms. The topological polar surface area (TPSA) is 30.2 Å². The molecule has 2 atom stereocenters. The van der Waals surface area contributed by atoms with E-state index in [4.69, 9.17) is 4.42 Å². The highest BCUT2D eigenvalue weighted by molar-refractivity contribution is 5.76. The molecule has 26 heavy (non-hydrogen) atoms. The number of hydrogen-bond acceptors (Lipinski definition) is 2. The molecule has 0 saturated carbocycles. The van der Waals surface area contributed by atoms with E-state index >= 15 is 0 Å². The third kappa shape index (κ3) is 2.38. The van der Waals surface area contributed by atoms with Gasteiger partial charge in [0.25, 0.3) is 0 Å². The van der Waals surface area contributed by atoms with Crippen LogP contribution < -0.4 is 5.43 Å². The maximum atomic E-state index is 12.7. The Hall–Kier alpha value is -3.13. The molecule has 2 nitrogen and oxygen atoms in total.